The lowest BCUT2D eigenvalue weighted by molar-refractivity contribution is -0.123. The standard InChI is InChI=1S/C26H36N2O5/c1-25(2,3)17-26(4,5)19-9-11-20(12-10-19)33-16-23(29)28-27-15-18-13-21(30-6)24(32-8)22(14-18)31-7/h9-15H,16-17H2,1-8H3,(H,28,29)/b27-15+. The van der Waals surface area contributed by atoms with Crippen molar-refractivity contribution < 1.29 is 23.7 Å². The van der Waals surface area contributed by atoms with E-state index in [9.17, 15) is 4.79 Å². The van der Waals surface area contributed by atoms with Crippen molar-refractivity contribution in [1.29, 1.82) is 0 Å². The maximum Gasteiger partial charge on any atom is 0.277 e. The third kappa shape index (κ3) is 7.70. The van der Waals surface area contributed by atoms with E-state index >= 15 is 0 Å². The first kappa shape index (κ1) is 26.0. The summed E-state index contributed by atoms with van der Waals surface area (Å²) in [5.74, 6) is 1.76. The molecule has 0 unspecified atom stereocenters. The highest BCUT2D eigenvalue weighted by atomic mass is 16.5. The number of amides is 1. The minimum Gasteiger partial charge on any atom is -0.493 e. The Hall–Kier alpha value is -3.22. The second kappa shape index (κ2) is 11.1. The van der Waals surface area contributed by atoms with Crippen LogP contribution < -0.4 is 24.4 Å². The van der Waals surface area contributed by atoms with Crippen molar-refractivity contribution in [1.82, 2.24) is 5.43 Å². The van der Waals surface area contributed by atoms with E-state index in [1.165, 1.54) is 33.1 Å². The van der Waals surface area contributed by atoms with Crippen LogP contribution in [0.4, 0.5) is 0 Å². The van der Waals surface area contributed by atoms with Gasteiger partial charge in [0.25, 0.3) is 5.91 Å². The van der Waals surface area contributed by atoms with E-state index < -0.39 is 0 Å². The van der Waals surface area contributed by atoms with Crippen LogP contribution in [0.15, 0.2) is 41.5 Å². The second-order valence-electron chi connectivity index (χ2n) is 9.69. The van der Waals surface area contributed by atoms with Crippen LogP contribution in [0.25, 0.3) is 0 Å². The molecule has 1 N–H and O–H groups in total. The molecule has 0 bridgehead atoms. The van der Waals surface area contributed by atoms with E-state index in [4.69, 9.17) is 18.9 Å². The molecule has 0 aliphatic carbocycles. The summed E-state index contributed by atoms with van der Waals surface area (Å²) in [6.07, 6.45) is 2.56. The van der Waals surface area contributed by atoms with E-state index in [-0.39, 0.29) is 23.3 Å². The third-order valence-corrected chi connectivity index (χ3v) is 5.07. The molecule has 7 heteroatoms. The zero-order valence-electron chi connectivity index (χ0n) is 20.9. The van der Waals surface area contributed by atoms with Crippen molar-refractivity contribution in [2.75, 3.05) is 27.9 Å². The molecule has 0 radical (unpaired) electrons. The van der Waals surface area contributed by atoms with Gasteiger partial charge in [0.1, 0.15) is 5.75 Å². The first-order valence-electron chi connectivity index (χ1n) is 10.8. The number of hydrogen-bond donors (Lipinski definition) is 1. The normalized spacial score (nSPS) is 11.9. The van der Waals surface area contributed by atoms with Gasteiger partial charge < -0.3 is 18.9 Å². The molecule has 0 aliphatic heterocycles. The molecule has 0 atom stereocenters. The molecule has 0 aromatic heterocycles. The number of rotatable bonds is 10. The van der Waals surface area contributed by atoms with Crippen LogP contribution in [0.5, 0.6) is 23.0 Å². The van der Waals surface area contributed by atoms with Crippen LogP contribution in [0.2, 0.25) is 0 Å². The van der Waals surface area contributed by atoms with Gasteiger partial charge in [0.2, 0.25) is 5.75 Å². The summed E-state index contributed by atoms with van der Waals surface area (Å²) in [5.41, 5.74) is 4.67. The second-order valence-corrected chi connectivity index (χ2v) is 9.69. The lowest BCUT2D eigenvalue weighted by atomic mass is 9.72. The van der Waals surface area contributed by atoms with E-state index in [1.807, 2.05) is 12.1 Å². The highest BCUT2D eigenvalue weighted by molar-refractivity contribution is 5.84. The molecule has 7 nitrogen and oxygen atoms in total. The summed E-state index contributed by atoms with van der Waals surface area (Å²) >= 11 is 0. The minimum atomic E-state index is -0.365. The monoisotopic (exact) mass is 456 g/mol. The molecular formula is C26H36N2O5. The van der Waals surface area contributed by atoms with Crippen molar-refractivity contribution in [3.63, 3.8) is 0 Å². The minimum absolute atomic E-state index is 0.0513. The number of hydrogen-bond acceptors (Lipinski definition) is 6. The lowest BCUT2D eigenvalue weighted by Gasteiger charge is -2.33. The first-order chi connectivity index (χ1) is 15.5. The topological polar surface area (TPSA) is 78.4 Å². The number of nitrogens with one attached hydrogen (secondary N) is 1. The van der Waals surface area contributed by atoms with Crippen LogP contribution in [0.3, 0.4) is 0 Å². The van der Waals surface area contributed by atoms with Crippen molar-refractivity contribution in [2.24, 2.45) is 10.5 Å². The van der Waals surface area contributed by atoms with E-state index in [1.54, 1.807) is 12.1 Å². The van der Waals surface area contributed by atoms with E-state index in [2.05, 4.69) is 57.3 Å². The Morgan fingerprint density at radius 3 is 2.00 bits per heavy atom. The molecule has 2 aromatic rings. The molecule has 180 valence electrons. The van der Waals surface area contributed by atoms with Gasteiger partial charge in [-0.2, -0.15) is 5.10 Å². The van der Waals surface area contributed by atoms with Crippen LogP contribution in [0.1, 0.15) is 52.2 Å². The Kier molecular flexibility index (Phi) is 8.74. The lowest BCUT2D eigenvalue weighted by Crippen LogP contribution is -2.25. The molecule has 0 saturated heterocycles. The maximum absolute atomic E-state index is 12.1. The molecule has 0 fully saturated rings. The van der Waals surface area contributed by atoms with E-state index in [0.29, 0.717) is 28.6 Å². The van der Waals surface area contributed by atoms with Crippen LogP contribution >= 0.6 is 0 Å². The summed E-state index contributed by atoms with van der Waals surface area (Å²) in [6, 6.07) is 11.4. The first-order valence-corrected chi connectivity index (χ1v) is 10.8. The average molecular weight is 457 g/mol. The van der Waals surface area contributed by atoms with E-state index in [0.717, 1.165) is 6.42 Å². The Balaban J connectivity index is 1.93. The van der Waals surface area contributed by atoms with Crippen molar-refractivity contribution in [2.45, 2.75) is 46.5 Å². The van der Waals surface area contributed by atoms with Gasteiger partial charge in [-0.25, -0.2) is 5.43 Å². The molecule has 0 saturated carbocycles. The number of carbonyl (C=O) groups is 1. The van der Waals surface area contributed by atoms with Crippen molar-refractivity contribution in [3.05, 3.63) is 47.5 Å². The van der Waals surface area contributed by atoms with Gasteiger partial charge in [-0.3, -0.25) is 4.79 Å². The molecule has 0 heterocycles. The van der Waals surface area contributed by atoms with Crippen LogP contribution in [-0.2, 0) is 10.2 Å². The Bertz CT molecular complexity index is 935. The number of nitrogens with zero attached hydrogens (tertiary/aromatic N) is 1. The van der Waals surface area contributed by atoms with Gasteiger partial charge in [-0.05, 0) is 47.1 Å². The van der Waals surface area contributed by atoms with Gasteiger partial charge in [-0.15, -0.1) is 0 Å². The van der Waals surface area contributed by atoms with Crippen LogP contribution in [-0.4, -0.2) is 40.1 Å². The molecule has 33 heavy (non-hydrogen) atoms. The number of ether oxygens (including phenoxy) is 4. The Labute approximate surface area is 197 Å². The highest BCUT2D eigenvalue weighted by Gasteiger charge is 2.27. The highest BCUT2D eigenvalue weighted by Crippen LogP contribution is 2.38. The van der Waals surface area contributed by atoms with Gasteiger partial charge in [-0.1, -0.05) is 46.8 Å². The molecule has 0 spiro atoms. The number of benzene rings is 2. The molecule has 2 aromatic carbocycles. The summed E-state index contributed by atoms with van der Waals surface area (Å²) in [4.78, 5) is 12.1. The largest absolute Gasteiger partial charge is 0.493 e. The van der Waals surface area contributed by atoms with Crippen molar-refractivity contribution in [3.8, 4) is 23.0 Å². The van der Waals surface area contributed by atoms with Crippen LogP contribution in [0, 0.1) is 5.41 Å². The Morgan fingerprint density at radius 2 is 1.52 bits per heavy atom. The summed E-state index contributed by atoms with van der Waals surface area (Å²) in [5, 5.41) is 3.98. The zero-order valence-corrected chi connectivity index (χ0v) is 20.9. The fraction of sp³-hybridized carbons (Fsp3) is 0.462. The van der Waals surface area contributed by atoms with Gasteiger partial charge in [0, 0.05) is 5.56 Å². The summed E-state index contributed by atoms with van der Waals surface area (Å²) in [7, 11) is 4.61. The Morgan fingerprint density at radius 1 is 0.939 bits per heavy atom. The third-order valence-electron chi connectivity index (χ3n) is 5.07. The number of methoxy groups -OCH3 is 3. The molecule has 2 rings (SSSR count). The molecule has 0 aliphatic rings. The predicted molar refractivity (Wildman–Crippen MR) is 131 cm³/mol. The SMILES string of the molecule is COc1cc(/C=N/NC(=O)COc2ccc(C(C)(C)CC(C)(C)C)cc2)cc(OC)c1OC. The maximum atomic E-state index is 12.1. The van der Waals surface area contributed by atoms with Crippen molar-refractivity contribution >= 4 is 12.1 Å². The fourth-order valence-corrected chi connectivity index (χ4v) is 3.97. The summed E-state index contributed by atoms with van der Waals surface area (Å²) in [6.45, 7) is 11.1. The molecular weight excluding hydrogens is 420 g/mol. The smallest absolute Gasteiger partial charge is 0.277 e. The van der Waals surface area contributed by atoms with Gasteiger partial charge in [0.05, 0.1) is 27.5 Å². The van der Waals surface area contributed by atoms with Gasteiger partial charge in [0.15, 0.2) is 18.1 Å². The quantitative estimate of drug-likeness (QED) is 0.404. The molecule has 1 amide bonds. The average Bonchev–Trinajstić information content (AvgIpc) is 2.75. The number of hydrazone groups is 1. The predicted octanol–water partition coefficient (Wildman–Crippen LogP) is 4.96. The van der Waals surface area contributed by atoms with Gasteiger partial charge >= 0.3 is 0 Å². The fourth-order valence-electron chi connectivity index (χ4n) is 3.97. The number of carbonyl (C=O) groups excluding carboxylic acids is 1. The summed E-state index contributed by atoms with van der Waals surface area (Å²) < 4.78 is 21.5. The zero-order chi connectivity index (χ0) is 24.6.